The van der Waals surface area contributed by atoms with Crippen molar-refractivity contribution in [3.05, 3.63) is 11.5 Å². The summed E-state index contributed by atoms with van der Waals surface area (Å²) in [5.74, 6) is 0.367. The Balaban J connectivity index is 2.79. The van der Waals surface area contributed by atoms with Crippen LogP contribution in [0.2, 0.25) is 0 Å². The third-order valence-corrected chi connectivity index (χ3v) is 1.24. The van der Waals surface area contributed by atoms with Crippen molar-refractivity contribution in [2.75, 3.05) is 13.7 Å². The van der Waals surface area contributed by atoms with Gasteiger partial charge < -0.3 is 9.47 Å². The fraction of sp³-hybridized carbons (Fsp3) is 0.500. The van der Waals surface area contributed by atoms with Gasteiger partial charge >= 0.3 is 0 Å². The van der Waals surface area contributed by atoms with Gasteiger partial charge in [0.1, 0.15) is 0 Å². The number of Topliss-reactive ketones (excluding diaryl/α,β-unsaturated/α-hetero) is 1. The molecule has 0 bridgehead atoms. The summed E-state index contributed by atoms with van der Waals surface area (Å²) in [6.07, 6.45) is 0. The van der Waals surface area contributed by atoms with Gasteiger partial charge in [0, 0.05) is 0 Å². The molecule has 0 aromatic carbocycles. The Morgan fingerprint density at radius 2 is 2.33 bits per heavy atom. The molecule has 3 heteroatoms. The van der Waals surface area contributed by atoms with Gasteiger partial charge in [0.15, 0.2) is 6.61 Å². The Bertz CT molecular complexity index is 169. The highest BCUT2D eigenvalue weighted by molar-refractivity contribution is 5.97. The van der Waals surface area contributed by atoms with E-state index in [1.807, 2.05) is 0 Å². The summed E-state index contributed by atoms with van der Waals surface area (Å²) in [7, 11) is 1.48. The average molecular weight is 128 g/mol. The first-order chi connectivity index (χ1) is 4.25. The largest absolute Gasteiger partial charge is 0.468 e. The van der Waals surface area contributed by atoms with Crippen LogP contribution in [0.4, 0.5) is 0 Å². The number of ether oxygens (including phenoxy) is 2. The van der Waals surface area contributed by atoms with E-state index < -0.39 is 0 Å². The molecule has 0 aliphatic carbocycles. The smallest absolute Gasteiger partial charge is 0.286 e. The van der Waals surface area contributed by atoms with Crippen LogP contribution < -0.4 is 0 Å². The van der Waals surface area contributed by atoms with Crippen LogP contribution in [0.1, 0.15) is 6.92 Å². The fourth-order valence-corrected chi connectivity index (χ4v) is 0.673. The molecular formula is C6H8O3. The Morgan fingerprint density at radius 1 is 1.67 bits per heavy atom. The van der Waals surface area contributed by atoms with Crippen LogP contribution in [-0.4, -0.2) is 19.5 Å². The molecule has 0 radical (unpaired) electrons. The van der Waals surface area contributed by atoms with Crippen molar-refractivity contribution in [3.8, 4) is 0 Å². The third-order valence-electron chi connectivity index (χ3n) is 1.24. The maximum atomic E-state index is 10.7. The molecule has 1 rings (SSSR count). The summed E-state index contributed by atoms with van der Waals surface area (Å²) in [5, 5.41) is 0. The molecule has 0 atom stereocenters. The van der Waals surface area contributed by atoms with Gasteiger partial charge in [-0.2, -0.15) is 0 Å². The maximum absolute atomic E-state index is 10.7. The molecule has 0 unspecified atom stereocenters. The lowest BCUT2D eigenvalue weighted by Crippen LogP contribution is -1.97. The van der Waals surface area contributed by atoms with Gasteiger partial charge in [0.25, 0.3) is 5.95 Å². The maximum Gasteiger partial charge on any atom is 0.286 e. The molecule has 50 valence electrons. The third kappa shape index (κ3) is 0.896. The van der Waals surface area contributed by atoms with Crippen molar-refractivity contribution in [1.29, 1.82) is 0 Å². The number of carbonyl (C=O) groups is 1. The van der Waals surface area contributed by atoms with Gasteiger partial charge in [-0.1, -0.05) is 0 Å². The normalized spacial score (nSPS) is 18.2. The predicted octanol–water partition coefficient (Wildman–Crippen LogP) is 0.464. The first kappa shape index (κ1) is 6.13. The van der Waals surface area contributed by atoms with Gasteiger partial charge in [0.2, 0.25) is 5.78 Å². The Kier molecular flexibility index (Phi) is 1.42. The van der Waals surface area contributed by atoms with Gasteiger partial charge in [-0.3, -0.25) is 4.79 Å². The van der Waals surface area contributed by atoms with Crippen molar-refractivity contribution in [3.63, 3.8) is 0 Å². The summed E-state index contributed by atoms with van der Waals surface area (Å²) in [6, 6.07) is 0. The predicted molar refractivity (Wildman–Crippen MR) is 30.7 cm³/mol. The van der Waals surface area contributed by atoms with E-state index in [0.717, 1.165) is 0 Å². The Hall–Kier alpha value is -0.990. The molecule has 0 fully saturated rings. The zero-order chi connectivity index (χ0) is 6.85. The minimum Gasteiger partial charge on any atom is -0.468 e. The molecular weight excluding hydrogens is 120 g/mol. The lowest BCUT2D eigenvalue weighted by atomic mass is 10.2. The molecule has 0 N–H and O–H groups in total. The van der Waals surface area contributed by atoms with E-state index in [0.29, 0.717) is 11.5 Å². The first-order valence-electron chi connectivity index (χ1n) is 2.66. The van der Waals surface area contributed by atoms with Crippen molar-refractivity contribution >= 4 is 5.78 Å². The number of carbonyl (C=O) groups excluding carboxylic acids is 1. The van der Waals surface area contributed by atoms with Crippen LogP contribution >= 0.6 is 0 Å². The van der Waals surface area contributed by atoms with Gasteiger partial charge in [-0.15, -0.1) is 0 Å². The zero-order valence-electron chi connectivity index (χ0n) is 5.43. The van der Waals surface area contributed by atoms with E-state index >= 15 is 0 Å². The standard InChI is InChI=1S/C6H8O3/c1-4-5(7)3-9-6(4)8-2/h3H2,1-2H3. The Labute approximate surface area is 53.3 Å². The fourth-order valence-electron chi connectivity index (χ4n) is 0.673. The number of hydrogen-bond acceptors (Lipinski definition) is 3. The average Bonchev–Trinajstić information content (AvgIpc) is 2.15. The molecule has 0 saturated heterocycles. The summed E-state index contributed by atoms with van der Waals surface area (Å²) in [4.78, 5) is 10.7. The minimum atomic E-state index is 0.00634. The van der Waals surface area contributed by atoms with Crippen LogP contribution in [0.3, 0.4) is 0 Å². The Morgan fingerprint density at radius 3 is 2.56 bits per heavy atom. The molecule has 1 aliphatic rings. The molecule has 9 heavy (non-hydrogen) atoms. The van der Waals surface area contributed by atoms with Crippen molar-refractivity contribution in [2.24, 2.45) is 0 Å². The van der Waals surface area contributed by atoms with E-state index in [1.165, 1.54) is 7.11 Å². The van der Waals surface area contributed by atoms with E-state index in [2.05, 4.69) is 0 Å². The number of methoxy groups -OCH3 is 1. The van der Waals surface area contributed by atoms with Crippen molar-refractivity contribution in [1.82, 2.24) is 0 Å². The highest BCUT2D eigenvalue weighted by Gasteiger charge is 2.20. The van der Waals surface area contributed by atoms with E-state index in [1.54, 1.807) is 6.92 Å². The quantitative estimate of drug-likeness (QED) is 0.514. The summed E-state index contributed by atoms with van der Waals surface area (Å²) in [6.45, 7) is 1.82. The van der Waals surface area contributed by atoms with Crippen LogP contribution in [0.5, 0.6) is 0 Å². The second kappa shape index (κ2) is 2.09. The summed E-state index contributed by atoms with van der Waals surface area (Å²) < 4.78 is 9.56. The highest BCUT2D eigenvalue weighted by Crippen LogP contribution is 2.14. The van der Waals surface area contributed by atoms with Gasteiger partial charge in [-0.05, 0) is 6.92 Å². The second-order valence-electron chi connectivity index (χ2n) is 1.83. The molecule has 0 aromatic rings. The second-order valence-corrected chi connectivity index (χ2v) is 1.83. The molecule has 1 heterocycles. The molecule has 0 saturated carbocycles. The molecule has 0 amide bonds. The van der Waals surface area contributed by atoms with Crippen LogP contribution in [0.25, 0.3) is 0 Å². The lowest BCUT2D eigenvalue weighted by molar-refractivity contribution is -0.116. The molecule has 1 aliphatic heterocycles. The zero-order valence-corrected chi connectivity index (χ0v) is 5.43. The number of rotatable bonds is 1. The molecule has 0 aromatic heterocycles. The van der Waals surface area contributed by atoms with Crippen molar-refractivity contribution < 1.29 is 14.3 Å². The minimum absolute atomic E-state index is 0.00634. The van der Waals surface area contributed by atoms with Gasteiger partial charge in [-0.25, -0.2) is 0 Å². The molecule has 0 spiro atoms. The monoisotopic (exact) mass is 128 g/mol. The van der Waals surface area contributed by atoms with E-state index in [9.17, 15) is 4.79 Å². The first-order valence-corrected chi connectivity index (χ1v) is 2.66. The number of ketones is 1. The van der Waals surface area contributed by atoms with Crippen LogP contribution in [-0.2, 0) is 14.3 Å². The summed E-state index contributed by atoms with van der Waals surface area (Å²) >= 11 is 0. The van der Waals surface area contributed by atoms with E-state index in [4.69, 9.17) is 9.47 Å². The highest BCUT2D eigenvalue weighted by atomic mass is 16.7. The van der Waals surface area contributed by atoms with Crippen LogP contribution in [0, 0.1) is 0 Å². The lowest BCUT2D eigenvalue weighted by Gasteiger charge is -1.97. The summed E-state index contributed by atoms with van der Waals surface area (Å²) in [5.41, 5.74) is 0.581. The SMILES string of the molecule is COC1=C(C)C(=O)CO1. The number of hydrogen-bond donors (Lipinski definition) is 0. The van der Waals surface area contributed by atoms with Crippen molar-refractivity contribution in [2.45, 2.75) is 6.92 Å². The molecule has 3 nitrogen and oxygen atoms in total. The van der Waals surface area contributed by atoms with E-state index in [-0.39, 0.29) is 12.4 Å². The van der Waals surface area contributed by atoms with Gasteiger partial charge in [0.05, 0.1) is 12.7 Å². The van der Waals surface area contributed by atoms with Crippen LogP contribution in [0.15, 0.2) is 11.5 Å². The topological polar surface area (TPSA) is 35.5 Å².